The molecule has 0 amide bonds. The van der Waals surface area contributed by atoms with Crippen molar-refractivity contribution in [3.63, 3.8) is 0 Å². The second-order valence-corrected chi connectivity index (χ2v) is 0. The van der Waals surface area contributed by atoms with Crippen molar-refractivity contribution in [1.82, 2.24) is 0 Å². The monoisotopic (exact) mass is 386 g/mol. The normalized spacial score (nSPS) is 1.75. The van der Waals surface area contributed by atoms with E-state index < -0.39 is 0 Å². The summed E-state index contributed by atoms with van der Waals surface area (Å²) in [6, 6.07) is 0. The SMILES string of the molecule is [BiH3].[K][I].[LiH]. The number of hydrogen-bond donors (Lipinski definition) is 0. The van der Waals surface area contributed by atoms with Crippen LogP contribution in [-0.4, -0.2) is 87.8 Å². The zero-order chi connectivity index (χ0) is 2.00. The molecule has 0 nitrogen and oxygen atoms in total. The molecule has 18 valence electrons. The van der Waals surface area contributed by atoms with E-state index in [2.05, 4.69) is 11.3 Å². The third kappa shape index (κ3) is 9.28. The molecular weight excluding hydrogens is 382 g/mol. The molecule has 0 radical (unpaired) electrons. The van der Waals surface area contributed by atoms with E-state index in [1.807, 2.05) is 0 Å². The first kappa shape index (κ1) is 15.7. The Hall–Kier alpha value is 3.85. The van der Waals surface area contributed by atoms with Crippen molar-refractivity contribution in [3.05, 3.63) is 0 Å². The molecule has 0 rings (SSSR count). The molecule has 0 aliphatic heterocycles. The van der Waals surface area contributed by atoms with Gasteiger partial charge in [0, 0.05) is 0 Å². The van der Waals surface area contributed by atoms with Gasteiger partial charge in [-0.25, -0.2) is 0 Å². The van der Waals surface area contributed by atoms with Gasteiger partial charge in [0.1, 0.15) is 0 Å². The summed E-state index contributed by atoms with van der Waals surface area (Å²) in [4.78, 5) is 0. The topological polar surface area (TPSA) is 0 Å². The first-order valence-electron chi connectivity index (χ1n) is 0.378. The van der Waals surface area contributed by atoms with E-state index in [0.29, 0.717) is 0 Å². The van der Waals surface area contributed by atoms with Gasteiger partial charge < -0.3 is 0 Å². The predicted molar refractivity (Wildman–Crippen MR) is 36.9 cm³/mol. The van der Waals surface area contributed by atoms with Crippen molar-refractivity contribution in [2.24, 2.45) is 0 Å². The standard InChI is InChI=1S/Bi.HI.K.Li.4H/h;1H;;;;;;/q;;+1;;;;;/p-1. The van der Waals surface area contributed by atoms with Crippen molar-refractivity contribution >= 4 is 99.0 Å². The second-order valence-electron chi connectivity index (χ2n) is 0. The molecule has 0 bridgehead atoms. The van der Waals surface area contributed by atoms with E-state index in [-0.39, 0.29) is 45.1 Å². The minimum absolute atomic E-state index is 0. The molecule has 0 unspecified atom stereocenters. The van der Waals surface area contributed by atoms with Crippen LogP contribution in [0, 0.1) is 0 Å². The Balaban J connectivity index is -0.00000000500. The Morgan fingerprint density at radius 2 is 1.25 bits per heavy atom. The van der Waals surface area contributed by atoms with Gasteiger partial charge in [-0.2, -0.15) is 0 Å². The molecule has 0 spiro atoms. The molecule has 0 saturated heterocycles. The van der Waals surface area contributed by atoms with Crippen LogP contribution < -0.4 is 0 Å². The second kappa shape index (κ2) is 15.8. The maximum atomic E-state index is 2.34. The van der Waals surface area contributed by atoms with Crippen molar-refractivity contribution in [2.75, 3.05) is 0 Å². The number of rotatable bonds is 0. The third-order valence-corrected chi connectivity index (χ3v) is 0. The van der Waals surface area contributed by atoms with Gasteiger partial charge in [0.25, 0.3) is 0 Å². The van der Waals surface area contributed by atoms with Crippen LogP contribution in [0.1, 0.15) is 0 Å². The molecule has 0 aromatic rings. The van der Waals surface area contributed by atoms with E-state index >= 15 is 0 Å². The van der Waals surface area contributed by atoms with E-state index in [9.17, 15) is 0 Å². The van der Waals surface area contributed by atoms with Crippen molar-refractivity contribution < 1.29 is 0 Å². The van der Waals surface area contributed by atoms with E-state index in [0.717, 1.165) is 42.7 Å². The summed E-state index contributed by atoms with van der Waals surface area (Å²) in [6.45, 7) is 0. The summed E-state index contributed by atoms with van der Waals surface area (Å²) in [6.07, 6.45) is 0. The van der Waals surface area contributed by atoms with Crippen LogP contribution >= 0.6 is 11.3 Å². The Bertz CT molecular complexity index is 8.00. The van der Waals surface area contributed by atoms with E-state index in [1.165, 1.54) is 0 Å². The summed E-state index contributed by atoms with van der Waals surface area (Å²) < 4.78 is 0. The van der Waals surface area contributed by atoms with E-state index in [4.69, 9.17) is 0 Å². The molecule has 0 fully saturated rings. The average molecular weight is 386 g/mol. The van der Waals surface area contributed by atoms with Gasteiger partial charge in [-0.3, -0.25) is 0 Å². The quantitative estimate of drug-likeness (QED) is 0.358. The van der Waals surface area contributed by atoms with Crippen LogP contribution in [0.5, 0.6) is 0 Å². The Labute approximate surface area is 95.6 Å². The zero-order valence-electron chi connectivity index (χ0n) is 2.09. The Morgan fingerprint density at radius 3 is 1.25 bits per heavy atom. The fourth-order valence-electron chi connectivity index (χ4n) is 0. The summed E-state index contributed by atoms with van der Waals surface area (Å²) >= 11 is 3.37. The van der Waals surface area contributed by atoms with Gasteiger partial charge in [-0.15, -0.1) is 0 Å². The van der Waals surface area contributed by atoms with Gasteiger partial charge in [0.15, 0.2) is 0 Å². The van der Waals surface area contributed by atoms with Crippen molar-refractivity contribution in [2.45, 2.75) is 0 Å². The Morgan fingerprint density at radius 1 is 1.25 bits per heavy atom. The average Bonchev–Trinajstić information content (AvgIpc) is 1.00. The molecule has 0 N–H and O–H groups in total. The molecule has 0 atom stereocenters. The molecule has 4 heteroatoms. The van der Waals surface area contributed by atoms with Gasteiger partial charge in [0.05, 0.1) is 0 Å². The van der Waals surface area contributed by atoms with Gasteiger partial charge in [0.2, 0.25) is 0 Å². The van der Waals surface area contributed by atoms with Crippen LogP contribution in [-0.2, 0) is 0 Å². The number of hydrogen-bond acceptors (Lipinski definition) is 0. The zero-order valence-corrected chi connectivity index (χ0v) is 12.9. The third-order valence-electron chi connectivity index (χ3n) is 0. The van der Waals surface area contributed by atoms with Crippen LogP contribution in [0.4, 0.5) is 0 Å². The van der Waals surface area contributed by atoms with E-state index in [1.54, 1.807) is 0 Å². The Kier molecular flexibility index (Phi) is 61.9. The molecule has 0 heterocycles. The summed E-state index contributed by atoms with van der Waals surface area (Å²) in [5.41, 5.74) is 0. The summed E-state index contributed by atoms with van der Waals surface area (Å²) in [7, 11) is 0. The van der Waals surface area contributed by atoms with Gasteiger partial charge in [-0.1, -0.05) is 0 Å². The van der Waals surface area contributed by atoms with Crippen LogP contribution in [0.2, 0.25) is 0 Å². The predicted octanol–water partition coefficient (Wildman–Crippen LogP) is -1.33. The molecule has 0 aromatic heterocycles. The van der Waals surface area contributed by atoms with Crippen LogP contribution in [0.25, 0.3) is 0 Å². The summed E-state index contributed by atoms with van der Waals surface area (Å²) in [5.74, 6) is 0. The van der Waals surface area contributed by atoms with Gasteiger partial charge >= 0.3 is 99.0 Å². The van der Waals surface area contributed by atoms with Crippen molar-refractivity contribution in [1.29, 1.82) is 0 Å². The van der Waals surface area contributed by atoms with Crippen LogP contribution in [0.3, 0.4) is 0 Å². The fourth-order valence-corrected chi connectivity index (χ4v) is 0. The van der Waals surface area contributed by atoms with Gasteiger partial charge in [-0.05, 0) is 0 Å². The molecule has 0 aliphatic rings. The first-order valence-corrected chi connectivity index (χ1v) is 10.5. The molecule has 0 aromatic carbocycles. The molecule has 0 aliphatic carbocycles. The maximum absolute atomic E-state index is 2.34. The van der Waals surface area contributed by atoms with Crippen molar-refractivity contribution in [3.8, 4) is 0 Å². The van der Waals surface area contributed by atoms with Crippen LogP contribution in [0.15, 0.2) is 0 Å². The molecule has 4 heavy (non-hydrogen) atoms. The molecule has 0 saturated carbocycles. The minimum atomic E-state index is 0. The summed E-state index contributed by atoms with van der Waals surface area (Å²) in [5, 5.41) is 0. The molecular formula is H4BiIKLi. The fraction of sp³-hybridized carbons (Fsp3) is 0. The number of halogens is 1. The first-order chi connectivity index (χ1) is 1.00.